The molecule has 3 aromatic rings. The highest BCUT2D eigenvalue weighted by Gasteiger charge is 2.24. The average Bonchev–Trinajstić information content (AvgIpc) is 3.17. The van der Waals surface area contributed by atoms with Gasteiger partial charge in [0, 0.05) is 31.9 Å². The van der Waals surface area contributed by atoms with E-state index >= 15 is 0 Å². The van der Waals surface area contributed by atoms with Crippen LogP contribution in [0.5, 0.6) is 0 Å². The van der Waals surface area contributed by atoms with Crippen LogP contribution in [0, 0.1) is 5.92 Å². The summed E-state index contributed by atoms with van der Waals surface area (Å²) in [6, 6.07) is 7.88. The molecule has 4 rings (SSSR count). The zero-order valence-corrected chi connectivity index (χ0v) is 21.6. The Morgan fingerprint density at radius 3 is 2.71 bits per heavy atom. The molecular formula is C26H31BrN4O3. The number of fused-ring (bicyclic) bond motifs is 1. The first-order valence-electron chi connectivity index (χ1n) is 11.7. The molecule has 7 nitrogen and oxygen atoms in total. The number of allylic oxidation sites excluding steroid dienone is 4. The third-order valence-corrected chi connectivity index (χ3v) is 7.79. The van der Waals surface area contributed by atoms with Gasteiger partial charge in [-0.05, 0) is 29.0 Å². The maximum atomic E-state index is 13.2. The smallest absolute Gasteiger partial charge is 0.332 e. The molecule has 0 fully saturated rings. The summed E-state index contributed by atoms with van der Waals surface area (Å²) in [7, 11) is 3.15. The molecule has 34 heavy (non-hydrogen) atoms. The number of aliphatic hydroxyl groups excluding tert-OH is 1. The zero-order valence-electron chi connectivity index (χ0n) is 20.0. The Bertz CT molecular complexity index is 1400. The predicted octanol–water partition coefficient (Wildman–Crippen LogP) is 3.75. The maximum Gasteiger partial charge on any atom is 0.332 e. The maximum absolute atomic E-state index is 13.2. The lowest BCUT2D eigenvalue weighted by molar-refractivity contribution is 0.166. The van der Waals surface area contributed by atoms with Crippen molar-refractivity contribution in [2.75, 3.05) is 0 Å². The number of rotatable bonds is 7. The Labute approximate surface area is 207 Å². The first kappa shape index (κ1) is 24.4. The van der Waals surface area contributed by atoms with Gasteiger partial charge in [0.1, 0.15) is 5.82 Å². The molecule has 3 atom stereocenters. The van der Waals surface area contributed by atoms with Crippen LogP contribution in [0.4, 0.5) is 0 Å². The van der Waals surface area contributed by atoms with Crippen LogP contribution in [0.15, 0.2) is 57.7 Å². The summed E-state index contributed by atoms with van der Waals surface area (Å²) in [6.45, 7) is 4.71. The van der Waals surface area contributed by atoms with Crippen LogP contribution in [-0.2, 0) is 27.1 Å². The summed E-state index contributed by atoms with van der Waals surface area (Å²) in [5.41, 5.74) is 3.12. The molecule has 1 N–H and O–H groups in total. The largest absolute Gasteiger partial charge is 0.388 e. The molecular weight excluding hydrogens is 496 g/mol. The van der Waals surface area contributed by atoms with E-state index in [9.17, 15) is 14.7 Å². The van der Waals surface area contributed by atoms with Gasteiger partial charge in [-0.3, -0.25) is 13.9 Å². The molecule has 0 amide bonds. The van der Waals surface area contributed by atoms with Crippen LogP contribution in [0.1, 0.15) is 49.7 Å². The first-order chi connectivity index (χ1) is 16.2. The minimum atomic E-state index is -0.507. The lowest BCUT2D eigenvalue weighted by Gasteiger charge is -2.23. The summed E-state index contributed by atoms with van der Waals surface area (Å²) in [6.07, 6.45) is 7.80. The Balaban J connectivity index is 1.85. The molecule has 0 radical (unpaired) electrons. The fourth-order valence-electron chi connectivity index (χ4n) is 4.52. The number of aryl methyl sites for hydroxylation is 1. The van der Waals surface area contributed by atoms with Gasteiger partial charge >= 0.3 is 5.69 Å². The highest BCUT2D eigenvalue weighted by atomic mass is 79.9. The van der Waals surface area contributed by atoms with Crippen molar-refractivity contribution in [3.63, 3.8) is 0 Å². The van der Waals surface area contributed by atoms with Gasteiger partial charge in [-0.25, -0.2) is 9.78 Å². The van der Waals surface area contributed by atoms with Crippen molar-refractivity contribution >= 4 is 27.1 Å². The molecule has 0 saturated carbocycles. The van der Waals surface area contributed by atoms with E-state index in [1.54, 1.807) is 7.05 Å². The van der Waals surface area contributed by atoms with Crippen molar-refractivity contribution in [2.24, 2.45) is 20.0 Å². The van der Waals surface area contributed by atoms with E-state index in [4.69, 9.17) is 4.98 Å². The fourth-order valence-corrected chi connectivity index (χ4v) is 5.03. The van der Waals surface area contributed by atoms with Gasteiger partial charge in [-0.15, -0.1) is 0 Å². The minimum absolute atomic E-state index is 0.217. The number of nitrogens with zero attached hydrogens (tertiary/aromatic N) is 4. The molecule has 1 aliphatic rings. The third kappa shape index (κ3) is 4.49. The molecule has 180 valence electrons. The average molecular weight is 527 g/mol. The summed E-state index contributed by atoms with van der Waals surface area (Å²) >= 11 is 3.71. The molecule has 1 aliphatic carbocycles. The second-order valence-corrected chi connectivity index (χ2v) is 10.1. The van der Waals surface area contributed by atoms with Crippen LogP contribution in [0.3, 0.4) is 0 Å². The van der Waals surface area contributed by atoms with Gasteiger partial charge in [0.15, 0.2) is 11.2 Å². The highest BCUT2D eigenvalue weighted by Crippen LogP contribution is 2.29. The minimum Gasteiger partial charge on any atom is -0.388 e. The summed E-state index contributed by atoms with van der Waals surface area (Å²) in [5.74, 6) is 0.961. The van der Waals surface area contributed by atoms with E-state index < -0.39 is 11.8 Å². The highest BCUT2D eigenvalue weighted by molar-refractivity contribution is 9.09. The van der Waals surface area contributed by atoms with Crippen LogP contribution >= 0.6 is 15.9 Å². The van der Waals surface area contributed by atoms with Crippen molar-refractivity contribution in [3.05, 3.63) is 85.9 Å². The van der Waals surface area contributed by atoms with E-state index in [0.717, 1.165) is 22.1 Å². The van der Waals surface area contributed by atoms with Gasteiger partial charge in [-0.1, -0.05) is 78.7 Å². The number of alkyl halides is 1. The van der Waals surface area contributed by atoms with Crippen molar-refractivity contribution in [1.29, 1.82) is 0 Å². The van der Waals surface area contributed by atoms with E-state index in [1.165, 1.54) is 17.2 Å². The number of imidazole rings is 1. The topological polar surface area (TPSA) is 82.1 Å². The number of hydrogen-bond acceptors (Lipinski definition) is 4. The summed E-state index contributed by atoms with van der Waals surface area (Å²) in [5, 5.41) is 10.5. The van der Waals surface area contributed by atoms with Crippen LogP contribution < -0.4 is 11.2 Å². The third-order valence-electron chi connectivity index (χ3n) is 6.70. The van der Waals surface area contributed by atoms with E-state index in [2.05, 4.69) is 35.0 Å². The molecule has 0 aliphatic heterocycles. The van der Waals surface area contributed by atoms with Gasteiger partial charge in [0.25, 0.3) is 5.56 Å². The van der Waals surface area contributed by atoms with Gasteiger partial charge in [0.2, 0.25) is 0 Å². The number of aromatic nitrogens is 4. The van der Waals surface area contributed by atoms with E-state index in [0.29, 0.717) is 36.4 Å². The Morgan fingerprint density at radius 1 is 1.21 bits per heavy atom. The standard InChI is InChI=1S/C26H31BrN4O3/c1-5-8-21(32)18-10-6-9-17(13-18)14-22-28-24-23(25(33)30(4)26(34)29(24)3)31(22)15-19-11-7-12-20(27)16(19)2/h6-7,9-13,16,20-21,32H,5,8,14-15H2,1-4H3. The second-order valence-electron chi connectivity index (χ2n) is 9.08. The first-order valence-corrected chi connectivity index (χ1v) is 12.6. The Hall–Kier alpha value is -2.71. The Morgan fingerprint density at radius 2 is 1.97 bits per heavy atom. The SMILES string of the molecule is CCCC(O)c1cccc(Cc2nc3c(c(=O)n(C)c(=O)n3C)n2CC2=CC=CC(Br)C2C)c1. The van der Waals surface area contributed by atoms with Crippen LogP contribution in [0.2, 0.25) is 0 Å². The molecule has 3 unspecified atom stereocenters. The summed E-state index contributed by atoms with van der Waals surface area (Å²) < 4.78 is 4.52. The summed E-state index contributed by atoms with van der Waals surface area (Å²) in [4.78, 5) is 30.8. The number of aliphatic hydroxyl groups is 1. The van der Waals surface area contributed by atoms with E-state index in [1.807, 2.05) is 41.8 Å². The van der Waals surface area contributed by atoms with Crippen LogP contribution in [-0.4, -0.2) is 28.6 Å². The van der Waals surface area contributed by atoms with Gasteiger partial charge < -0.3 is 9.67 Å². The van der Waals surface area contributed by atoms with Gasteiger partial charge in [-0.2, -0.15) is 0 Å². The second kappa shape index (κ2) is 9.88. The lowest BCUT2D eigenvalue weighted by Crippen LogP contribution is -2.37. The number of halogens is 1. The molecule has 1 aromatic carbocycles. The lowest BCUT2D eigenvalue weighted by atomic mass is 9.93. The van der Waals surface area contributed by atoms with Crippen molar-refractivity contribution in [3.8, 4) is 0 Å². The molecule has 2 aromatic heterocycles. The van der Waals surface area contributed by atoms with Gasteiger partial charge in [0.05, 0.1) is 6.10 Å². The normalized spacial score (nSPS) is 18.9. The predicted molar refractivity (Wildman–Crippen MR) is 138 cm³/mol. The van der Waals surface area contributed by atoms with Crippen molar-refractivity contribution in [1.82, 2.24) is 18.7 Å². The number of benzene rings is 1. The van der Waals surface area contributed by atoms with Crippen molar-refractivity contribution < 1.29 is 5.11 Å². The monoisotopic (exact) mass is 526 g/mol. The van der Waals surface area contributed by atoms with E-state index in [-0.39, 0.29) is 16.3 Å². The zero-order chi connectivity index (χ0) is 24.6. The number of hydrogen-bond donors (Lipinski definition) is 1. The van der Waals surface area contributed by atoms with Crippen LogP contribution in [0.25, 0.3) is 11.2 Å². The molecule has 0 spiro atoms. The molecule has 0 saturated heterocycles. The quantitative estimate of drug-likeness (QED) is 0.475. The Kier molecular flexibility index (Phi) is 7.09. The molecule has 0 bridgehead atoms. The fraction of sp³-hybridized carbons (Fsp3) is 0.423. The molecule has 2 heterocycles. The van der Waals surface area contributed by atoms with Crippen molar-refractivity contribution in [2.45, 2.75) is 50.6 Å². The molecule has 8 heteroatoms.